The molecule has 38 heavy (non-hydrogen) atoms. The Bertz CT molecular complexity index is 1510. The molecule has 0 spiro atoms. The van der Waals surface area contributed by atoms with Crippen LogP contribution in [0.3, 0.4) is 0 Å². The number of benzene rings is 2. The number of pyridine rings is 1. The molecule has 3 heterocycles. The topological polar surface area (TPSA) is 70.4 Å². The zero-order chi connectivity index (χ0) is 27.0. The Balaban J connectivity index is 1.56. The molecule has 0 unspecified atom stereocenters. The van der Waals surface area contributed by atoms with E-state index in [4.69, 9.17) is 28.2 Å². The summed E-state index contributed by atoms with van der Waals surface area (Å²) in [6.45, 7) is 5.72. The maximum absolute atomic E-state index is 12.2. The molecule has 5 rings (SSSR count). The number of hydrogen-bond acceptors (Lipinski definition) is 4. The number of thiocarbonyl (C=S) groups is 1. The van der Waals surface area contributed by atoms with Crippen LogP contribution in [-0.2, 0) is 4.79 Å². The molecule has 1 aliphatic heterocycles. The summed E-state index contributed by atoms with van der Waals surface area (Å²) in [5.41, 5.74) is 4.28. The molecule has 2 aromatic heterocycles. The minimum absolute atomic E-state index is 0.100. The van der Waals surface area contributed by atoms with Crippen LogP contribution in [-0.4, -0.2) is 16.0 Å². The average Bonchev–Trinajstić information content (AvgIpc) is 3.50. The normalized spacial score (nSPS) is 17.1. The largest absolute Gasteiger partial charge is 0.459 e. The molecule has 4 aromatic rings. The fraction of sp³-hybridized carbons (Fsp3) is 0.207. The third-order valence-corrected chi connectivity index (χ3v) is 7.70. The first kappa shape index (κ1) is 26.4. The smallest absolute Gasteiger partial charge is 0.226 e. The summed E-state index contributed by atoms with van der Waals surface area (Å²) < 4.78 is 7.43. The first-order chi connectivity index (χ1) is 18.2. The van der Waals surface area contributed by atoms with Crippen molar-refractivity contribution in [3.8, 4) is 11.3 Å². The predicted molar refractivity (Wildman–Crippen MR) is 159 cm³/mol. The number of carbonyl (C=O) groups is 1. The molecule has 0 saturated carbocycles. The summed E-state index contributed by atoms with van der Waals surface area (Å²) in [4.78, 5) is 18.8. The number of anilines is 2. The van der Waals surface area contributed by atoms with Gasteiger partial charge in [-0.15, -0.1) is 0 Å². The lowest BCUT2D eigenvalue weighted by molar-refractivity contribution is -0.118. The van der Waals surface area contributed by atoms with Crippen molar-refractivity contribution in [2.45, 2.75) is 32.9 Å². The minimum Gasteiger partial charge on any atom is -0.459 e. The molecule has 9 heteroatoms. The Morgan fingerprint density at radius 3 is 2.66 bits per heavy atom. The van der Waals surface area contributed by atoms with Crippen LogP contribution in [0, 0.1) is 12.8 Å². The highest BCUT2D eigenvalue weighted by Crippen LogP contribution is 2.44. The fourth-order valence-electron chi connectivity index (χ4n) is 4.43. The highest BCUT2D eigenvalue weighted by molar-refractivity contribution is 9.10. The maximum Gasteiger partial charge on any atom is 0.226 e. The van der Waals surface area contributed by atoms with Gasteiger partial charge in [-0.3, -0.25) is 9.78 Å². The Morgan fingerprint density at radius 2 is 1.97 bits per heavy atom. The van der Waals surface area contributed by atoms with Gasteiger partial charge in [-0.25, -0.2) is 0 Å². The number of carbonyl (C=O) groups excluding carboxylic acids is 1. The summed E-state index contributed by atoms with van der Waals surface area (Å²) in [5, 5.41) is 7.25. The maximum atomic E-state index is 12.2. The standard InChI is InChI=1S/C29H26BrClN4O2S/c1-16(2)28(36)33-22-10-8-18(15-21(22)31)35-27(26(34-29(35)38)23-6-4-5-13-32-23)25-12-11-24(37-25)19-9-7-17(3)14-20(19)30/h4-16,26-27H,1-3H3,(H,33,36)(H,34,38)/t26-,27-/m1/s1. The predicted octanol–water partition coefficient (Wildman–Crippen LogP) is 7.84. The summed E-state index contributed by atoms with van der Waals surface area (Å²) in [7, 11) is 0. The third-order valence-electron chi connectivity index (χ3n) is 6.42. The van der Waals surface area contributed by atoms with Crippen molar-refractivity contribution in [2.75, 3.05) is 10.2 Å². The minimum atomic E-state index is -0.331. The van der Waals surface area contributed by atoms with Crippen molar-refractivity contribution < 1.29 is 9.21 Å². The van der Waals surface area contributed by atoms with Gasteiger partial charge in [0.2, 0.25) is 5.91 Å². The van der Waals surface area contributed by atoms with Crippen LogP contribution in [0.5, 0.6) is 0 Å². The van der Waals surface area contributed by atoms with Crippen molar-refractivity contribution in [1.82, 2.24) is 10.3 Å². The van der Waals surface area contributed by atoms with E-state index in [2.05, 4.69) is 43.7 Å². The highest BCUT2D eigenvalue weighted by Gasteiger charge is 2.42. The number of rotatable bonds is 6. The van der Waals surface area contributed by atoms with Crippen molar-refractivity contribution >= 4 is 62.1 Å². The van der Waals surface area contributed by atoms with Gasteiger partial charge < -0.3 is 20.0 Å². The summed E-state index contributed by atoms with van der Waals surface area (Å²) >= 11 is 16.1. The first-order valence-electron chi connectivity index (χ1n) is 12.2. The van der Waals surface area contributed by atoms with E-state index < -0.39 is 0 Å². The lowest BCUT2D eigenvalue weighted by atomic mass is 10.0. The zero-order valence-electron chi connectivity index (χ0n) is 21.0. The van der Waals surface area contributed by atoms with Crippen molar-refractivity contribution in [3.63, 3.8) is 0 Å². The molecular weight excluding hydrogens is 584 g/mol. The first-order valence-corrected chi connectivity index (χ1v) is 13.8. The molecule has 1 amide bonds. The van der Waals surface area contributed by atoms with Gasteiger partial charge in [-0.05, 0) is 79.3 Å². The molecular formula is C29H26BrClN4O2S. The number of hydrogen-bond donors (Lipinski definition) is 2. The molecule has 0 radical (unpaired) electrons. The zero-order valence-corrected chi connectivity index (χ0v) is 24.2. The van der Waals surface area contributed by atoms with E-state index >= 15 is 0 Å². The highest BCUT2D eigenvalue weighted by atomic mass is 79.9. The molecule has 1 saturated heterocycles. The van der Waals surface area contributed by atoms with Crippen LogP contribution < -0.4 is 15.5 Å². The number of nitrogens with one attached hydrogen (secondary N) is 2. The van der Waals surface area contributed by atoms with Gasteiger partial charge in [0.25, 0.3) is 0 Å². The molecule has 2 N–H and O–H groups in total. The van der Waals surface area contributed by atoms with Gasteiger partial charge in [0.1, 0.15) is 17.6 Å². The quantitative estimate of drug-likeness (QED) is 0.217. The van der Waals surface area contributed by atoms with Gasteiger partial charge in [0.05, 0.1) is 22.4 Å². The molecule has 0 bridgehead atoms. The number of aryl methyl sites for hydroxylation is 1. The molecule has 1 fully saturated rings. The Kier molecular flexibility index (Phi) is 7.56. The van der Waals surface area contributed by atoms with E-state index in [1.54, 1.807) is 18.3 Å². The third kappa shape index (κ3) is 5.21. The lowest BCUT2D eigenvalue weighted by Crippen LogP contribution is -2.29. The summed E-state index contributed by atoms with van der Waals surface area (Å²) in [5.74, 6) is 1.21. The van der Waals surface area contributed by atoms with Crippen LogP contribution >= 0.6 is 39.7 Å². The second-order valence-electron chi connectivity index (χ2n) is 9.49. The average molecular weight is 610 g/mol. The number of amides is 1. The molecule has 194 valence electrons. The number of aromatic nitrogens is 1. The van der Waals surface area contributed by atoms with Gasteiger partial charge in [-0.2, -0.15) is 0 Å². The molecule has 2 atom stereocenters. The van der Waals surface area contributed by atoms with Gasteiger partial charge in [-0.1, -0.05) is 53.5 Å². The number of halogens is 2. The van der Waals surface area contributed by atoms with Crippen LogP contribution in [0.4, 0.5) is 11.4 Å². The summed E-state index contributed by atoms with van der Waals surface area (Å²) in [6, 6.07) is 20.8. The van der Waals surface area contributed by atoms with Gasteiger partial charge >= 0.3 is 0 Å². The lowest BCUT2D eigenvalue weighted by Gasteiger charge is -2.26. The Labute approximate surface area is 240 Å². The van der Waals surface area contributed by atoms with E-state index in [0.29, 0.717) is 15.8 Å². The summed E-state index contributed by atoms with van der Waals surface area (Å²) in [6.07, 6.45) is 1.76. The Morgan fingerprint density at radius 1 is 1.16 bits per heavy atom. The number of nitrogens with zero attached hydrogens (tertiary/aromatic N) is 2. The molecule has 1 aliphatic rings. The number of furan rings is 1. The van der Waals surface area contributed by atoms with Crippen LogP contribution in [0.1, 0.15) is 42.9 Å². The van der Waals surface area contributed by atoms with Crippen molar-refractivity contribution in [2.24, 2.45) is 5.92 Å². The van der Waals surface area contributed by atoms with Gasteiger partial charge in [0, 0.05) is 27.8 Å². The SMILES string of the molecule is Cc1ccc(-c2ccc([C@@H]3[C@@H](c4ccccn4)NC(=S)N3c3ccc(NC(=O)C(C)C)c(Cl)c3)o2)c(Br)c1. The van der Waals surface area contributed by atoms with Crippen LogP contribution in [0.25, 0.3) is 11.3 Å². The van der Waals surface area contributed by atoms with Crippen LogP contribution in [0.2, 0.25) is 5.02 Å². The van der Waals surface area contributed by atoms with Crippen molar-refractivity contribution in [1.29, 1.82) is 0 Å². The van der Waals surface area contributed by atoms with Crippen LogP contribution in [0.15, 0.2) is 81.8 Å². The van der Waals surface area contributed by atoms with E-state index in [1.165, 1.54) is 0 Å². The fourth-order valence-corrected chi connectivity index (χ4v) is 5.69. The molecule has 0 aliphatic carbocycles. The van der Waals surface area contributed by atoms with E-state index in [-0.39, 0.29) is 23.9 Å². The second kappa shape index (κ2) is 10.9. The van der Waals surface area contributed by atoms with Gasteiger partial charge in [0.15, 0.2) is 5.11 Å². The molecule has 6 nitrogen and oxygen atoms in total. The van der Waals surface area contributed by atoms with E-state index in [0.717, 1.165) is 38.5 Å². The molecule has 2 aromatic carbocycles. The van der Waals surface area contributed by atoms with E-state index in [9.17, 15) is 4.79 Å². The monoisotopic (exact) mass is 608 g/mol. The second-order valence-corrected chi connectivity index (χ2v) is 11.1. The van der Waals surface area contributed by atoms with E-state index in [1.807, 2.05) is 68.1 Å². The van der Waals surface area contributed by atoms with Crippen molar-refractivity contribution in [3.05, 3.63) is 99.4 Å². The Hall–Kier alpha value is -3.20.